The fraction of sp³-hybridized carbons (Fsp3) is 1.00. The van der Waals surface area contributed by atoms with Crippen molar-refractivity contribution < 1.29 is 4.74 Å². The van der Waals surface area contributed by atoms with Crippen molar-refractivity contribution in [3.05, 3.63) is 0 Å². The monoisotopic (exact) mass is 238 g/mol. The molecule has 0 spiro atoms. The van der Waals surface area contributed by atoms with Crippen molar-refractivity contribution in [1.29, 1.82) is 0 Å². The van der Waals surface area contributed by atoms with E-state index in [1.165, 1.54) is 51.7 Å². The summed E-state index contributed by atoms with van der Waals surface area (Å²) in [5, 5.41) is 0. The number of piperazine rings is 1. The molecular formula is C14H26N2O. The maximum Gasteiger partial charge on any atom is 0.0621 e. The van der Waals surface area contributed by atoms with Gasteiger partial charge in [0.15, 0.2) is 0 Å². The van der Waals surface area contributed by atoms with Gasteiger partial charge < -0.3 is 4.74 Å². The highest BCUT2D eigenvalue weighted by molar-refractivity contribution is 4.94. The van der Waals surface area contributed by atoms with E-state index in [2.05, 4.69) is 16.7 Å². The lowest BCUT2D eigenvalue weighted by Gasteiger charge is -2.47. The lowest BCUT2D eigenvalue weighted by Crippen LogP contribution is -2.60. The fourth-order valence-corrected chi connectivity index (χ4v) is 3.91. The van der Waals surface area contributed by atoms with Gasteiger partial charge in [0.2, 0.25) is 0 Å². The number of nitrogens with zero attached hydrogens (tertiary/aromatic N) is 2. The van der Waals surface area contributed by atoms with Crippen molar-refractivity contribution >= 4 is 0 Å². The smallest absolute Gasteiger partial charge is 0.0621 e. The average molecular weight is 238 g/mol. The van der Waals surface area contributed by atoms with Gasteiger partial charge >= 0.3 is 0 Å². The van der Waals surface area contributed by atoms with Crippen molar-refractivity contribution in [3.63, 3.8) is 0 Å². The third-order valence-corrected chi connectivity index (χ3v) is 4.91. The first kappa shape index (κ1) is 11.9. The van der Waals surface area contributed by atoms with Gasteiger partial charge in [-0.25, -0.2) is 0 Å². The van der Waals surface area contributed by atoms with Crippen molar-refractivity contribution in [2.75, 3.05) is 32.8 Å². The number of hydrogen-bond acceptors (Lipinski definition) is 3. The molecule has 0 aliphatic carbocycles. The van der Waals surface area contributed by atoms with E-state index in [-0.39, 0.29) is 0 Å². The largest absolute Gasteiger partial charge is 0.380 e. The highest BCUT2D eigenvalue weighted by Gasteiger charge is 2.38. The molecule has 0 amide bonds. The minimum atomic E-state index is 0.705. The second kappa shape index (κ2) is 5.25. The number of fused-ring (bicyclic) bond motifs is 1. The molecule has 3 rings (SSSR count). The zero-order chi connectivity index (χ0) is 11.7. The van der Waals surface area contributed by atoms with Crippen LogP contribution in [0.25, 0.3) is 0 Å². The normalized spacial score (nSPS) is 40.4. The first-order chi connectivity index (χ1) is 8.38. The number of rotatable bonds is 2. The zero-order valence-electron chi connectivity index (χ0n) is 11.1. The third kappa shape index (κ3) is 2.38. The van der Waals surface area contributed by atoms with E-state index in [9.17, 15) is 0 Å². The van der Waals surface area contributed by atoms with Gasteiger partial charge in [-0.05, 0) is 38.6 Å². The molecule has 0 aromatic heterocycles. The standard InChI is InChI=1S/C14H26N2O/c1-2-12-9-15-7-3-5-13(15)10-16(12)14-6-4-8-17-11-14/h12-14H,2-11H2,1H3. The Hall–Kier alpha value is -0.120. The Morgan fingerprint density at radius 3 is 2.76 bits per heavy atom. The summed E-state index contributed by atoms with van der Waals surface area (Å²) >= 11 is 0. The molecule has 98 valence electrons. The molecule has 0 aromatic carbocycles. The third-order valence-electron chi connectivity index (χ3n) is 4.91. The van der Waals surface area contributed by atoms with E-state index in [1.807, 2.05) is 0 Å². The molecule has 3 aliphatic rings. The Balaban J connectivity index is 1.67. The van der Waals surface area contributed by atoms with Crippen molar-refractivity contribution in [3.8, 4) is 0 Å². The van der Waals surface area contributed by atoms with Crippen LogP contribution in [0.5, 0.6) is 0 Å². The number of hydrogen-bond donors (Lipinski definition) is 0. The van der Waals surface area contributed by atoms with Crippen molar-refractivity contribution in [1.82, 2.24) is 9.80 Å². The molecule has 3 atom stereocenters. The van der Waals surface area contributed by atoms with Gasteiger partial charge in [0.05, 0.1) is 6.61 Å². The topological polar surface area (TPSA) is 15.7 Å². The quantitative estimate of drug-likeness (QED) is 0.728. The lowest BCUT2D eigenvalue weighted by atomic mass is 9.99. The molecule has 3 unspecified atom stereocenters. The zero-order valence-corrected chi connectivity index (χ0v) is 11.1. The van der Waals surface area contributed by atoms with Crippen LogP contribution < -0.4 is 0 Å². The van der Waals surface area contributed by atoms with Gasteiger partial charge in [-0.15, -0.1) is 0 Å². The van der Waals surface area contributed by atoms with Crippen molar-refractivity contribution in [2.45, 2.75) is 57.2 Å². The van der Waals surface area contributed by atoms with Gasteiger partial charge in [-0.1, -0.05) is 6.92 Å². The van der Waals surface area contributed by atoms with Crippen LogP contribution in [0.4, 0.5) is 0 Å². The molecule has 0 N–H and O–H groups in total. The minimum Gasteiger partial charge on any atom is -0.380 e. The van der Waals surface area contributed by atoms with Crippen LogP contribution in [-0.2, 0) is 4.74 Å². The average Bonchev–Trinajstić information content (AvgIpc) is 2.85. The summed E-state index contributed by atoms with van der Waals surface area (Å²) in [6.07, 6.45) is 6.73. The summed E-state index contributed by atoms with van der Waals surface area (Å²) in [5.74, 6) is 0. The van der Waals surface area contributed by atoms with E-state index in [1.54, 1.807) is 0 Å². The maximum absolute atomic E-state index is 5.68. The summed E-state index contributed by atoms with van der Waals surface area (Å²) in [6, 6.07) is 2.33. The van der Waals surface area contributed by atoms with E-state index in [0.717, 1.165) is 25.3 Å². The van der Waals surface area contributed by atoms with E-state index in [4.69, 9.17) is 4.74 Å². The minimum absolute atomic E-state index is 0.705. The van der Waals surface area contributed by atoms with E-state index in [0.29, 0.717) is 6.04 Å². The van der Waals surface area contributed by atoms with Crippen LogP contribution in [0.15, 0.2) is 0 Å². The predicted octanol–water partition coefficient (Wildman–Crippen LogP) is 1.72. The molecule has 3 nitrogen and oxygen atoms in total. The van der Waals surface area contributed by atoms with Crippen molar-refractivity contribution in [2.24, 2.45) is 0 Å². The highest BCUT2D eigenvalue weighted by Crippen LogP contribution is 2.29. The molecule has 3 heterocycles. The predicted molar refractivity (Wildman–Crippen MR) is 69.2 cm³/mol. The van der Waals surface area contributed by atoms with Gasteiger partial charge in [0.25, 0.3) is 0 Å². The second-order valence-electron chi connectivity index (χ2n) is 5.92. The van der Waals surface area contributed by atoms with Crippen LogP contribution in [0.1, 0.15) is 39.0 Å². The van der Waals surface area contributed by atoms with E-state index < -0.39 is 0 Å². The Morgan fingerprint density at radius 1 is 1.12 bits per heavy atom. The van der Waals surface area contributed by atoms with Gasteiger partial charge in [0, 0.05) is 37.8 Å². The van der Waals surface area contributed by atoms with Crippen LogP contribution in [0, 0.1) is 0 Å². The summed E-state index contributed by atoms with van der Waals surface area (Å²) in [7, 11) is 0. The summed E-state index contributed by atoms with van der Waals surface area (Å²) < 4.78 is 5.68. The molecule has 0 aromatic rings. The Kier molecular flexibility index (Phi) is 3.69. The first-order valence-electron chi connectivity index (χ1n) is 7.46. The van der Waals surface area contributed by atoms with Gasteiger partial charge in [-0.2, -0.15) is 0 Å². The Morgan fingerprint density at radius 2 is 2.00 bits per heavy atom. The highest BCUT2D eigenvalue weighted by atomic mass is 16.5. The van der Waals surface area contributed by atoms with Crippen LogP contribution in [0.3, 0.4) is 0 Å². The Bertz CT molecular complexity index is 253. The van der Waals surface area contributed by atoms with Gasteiger partial charge in [0.1, 0.15) is 0 Å². The molecule has 0 radical (unpaired) electrons. The lowest BCUT2D eigenvalue weighted by molar-refractivity contribution is -0.0395. The molecule has 3 heteroatoms. The molecule has 3 aliphatic heterocycles. The van der Waals surface area contributed by atoms with Crippen LogP contribution >= 0.6 is 0 Å². The summed E-state index contributed by atoms with van der Waals surface area (Å²) in [6.45, 7) is 8.25. The molecule has 3 saturated heterocycles. The molecule has 17 heavy (non-hydrogen) atoms. The van der Waals surface area contributed by atoms with Crippen LogP contribution in [-0.4, -0.2) is 60.8 Å². The molecule has 0 bridgehead atoms. The molecule has 0 saturated carbocycles. The van der Waals surface area contributed by atoms with E-state index >= 15 is 0 Å². The summed E-state index contributed by atoms with van der Waals surface area (Å²) in [5.41, 5.74) is 0. The molecule has 3 fully saturated rings. The summed E-state index contributed by atoms with van der Waals surface area (Å²) in [4.78, 5) is 5.51. The number of ether oxygens (including phenoxy) is 1. The van der Waals surface area contributed by atoms with Crippen LogP contribution in [0.2, 0.25) is 0 Å². The molecular weight excluding hydrogens is 212 g/mol. The Labute approximate surface area is 105 Å². The maximum atomic E-state index is 5.68. The first-order valence-corrected chi connectivity index (χ1v) is 7.46. The SMILES string of the molecule is CCC1CN2CCCC2CN1C1CCCOC1. The van der Waals surface area contributed by atoms with Gasteiger partial charge in [-0.3, -0.25) is 9.80 Å². The second-order valence-corrected chi connectivity index (χ2v) is 5.92. The fourth-order valence-electron chi connectivity index (χ4n) is 3.91.